The van der Waals surface area contributed by atoms with Crippen molar-refractivity contribution < 1.29 is 31.9 Å². The molecule has 46 heavy (non-hydrogen) atoms. The summed E-state index contributed by atoms with van der Waals surface area (Å²) in [5.41, 5.74) is 5.97. The minimum atomic E-state index is -4.78. The second-order valence-corrected chi connectivity index (χ2v) is 11.2. The van der Waals surface area contributed by atoms with Crippen LogP contribution in [0.2, 0.25) is 0 Å². The van der Waals surface area contributed by atoms with E-state index in [1.54, 1.807) is 24.3 Å². The number of amidine groups is 1. The molecule has 2 heterocycles. The zero-order chi connectivity index (χ0) is 33.0. The molecule has 10 nitrogen and oxygen atoms in total. The smallest absolute Gasteiger partial charge is 0.406 e. The van der Waals surface area contributed by atoms with Crippen molar-refractivity contribution in [1.29, 1.82) is 0 Å². The first kappa shape index (κ1) is 32.3. The number of thioether (sulfide) groups is 1. The molecule has 0 radical (unpaired) electrons. The fourth-order valence-electron chi connectivity index (χ4n) is 4.58. The van der Waals surface area contributed by atoms with Crippen molar-refractivity contribution in [2.45, 2.75) is 39.5 Å². The maximum Gasteiger partial charge on any atom is 0.573 e. The summed E-state index contributed by atoms with van der Waals surface area (Å²) < 4.78 is 56.5. The molecule has 5 rings (SSSR count). The van der Waals surface area contributed by atoms with E-state index in [-0.39, 0.29) is 28.5 Å². The molecule has 15 heteroatoms. The van der Waals surface area contributed by atoms with Crippen molar-refractivity contribution in [3.05, 3.63) is 90.0 Å². The predicted molar refractivity (Wildman–Crippen MR) is 167 cm³/mol. The van der Waals surface area contributed by atoms with Crippen LogP contribution in [-0.4, -0.2) is 49.7 Å². The largest absolute Gasteiger partial charge is 0.573 e. The third-order valence-electron chi connectivity index (χ3n) is 6.74. The van der Waals surface area contributed by atoms with Crippen LogP contribution in [0, 0.1) is 5.82 Å². The van der Waals surface area contributed by atoms with E-state index < -0.39 is 18.2 Å². The Morgan fingerprint density at radius 1 is 1.09 bits per heavy atom. The van der Waals surface area contributed by atoms with Gasteiger partial charge in [0, 0.05) is 5.56 Å². The van der Waals surface area contributed by atoms with Crippen LogP contribution in [0.1, 0.15) is 44.2 Å². The first-order valence-corrected chi connectivity index (χ1v) is 15.0. The number of rotatable bonds is 8. The molecule has 1 fully saturated rings. The Kier molecular flexibility index (Phi) is 9.51. The molecular weight excluding hydrogens is 626 g/mol. The molecule has 0 aliphatic carbocycles. The van der Waals surface area contributed by atoms with Gasteiger partial charge in [-0.05, 0) is 65.9 Å². The van der Waals surface area contributed by atoms with Crippen LogP contribution < -0.4 is 15.1 Å². The van der Waals surface area contributed by atoms with Crippen LogP contribution in [-0.2, 0) is 4.79 Å². The van der Waals surface area contributed by atoms with Crippen LogP contribution in [0.15, 0.2) is 83.2 Å². The van der Waals surface area contributed by atoms with Gasteiger partial charge < -0.3 is 4.74 Å². The summed E-state index contributed by atoms with van der Waals surface area (Å²) in [6.45, 7) is 5.64. The van der Waals surface area contributed by atoms with E-state index in [2.05, 4.69) is 30.3 Å². The van der Waals surface area contributed by atoms with E-state index in [1.165, 1.54) is 58.4 Å². The summed E-state index contributed by atoms with van der Waals surface area (Å²) in [5.74, 6) is -0.629. The highest BCUT2D eigenvalue weighted by Gasteiger charge is 2.33. The van der Waals surface area contributed by atoms with Crippen molar-refractivity contribution in [3.63, 3.8) is 0 Å². The van der Waals surface area contributed by atoms with Gasteiger partial charge in [0.05, 0.1) is 22.8 Å². The number of ether oxygens (including phenoxy) is 1. The SMILES string of the molecule is CC/C(=N\NC(=O)/N=C1\SCC(=O)N1c1ccc(F)cc1C(C)C)c1ccc(-c2ncn(-c3ccc(OC(F)(F)F)cc3)n2)cc1. The predicted octanol–water partition coefficient (Wildman–Crippen LogP) is 7.06. The number of hydrogen-bond acceptors (Lipinski definition) is 7. The van der Waals surface area contributed by atoms with E-state index in [0.29, 0.717) is 40.5 Å². The molecule has 0 unspecified atom stereocenters. The Balaban J connectivity index is 1.27. The maximum absolute atomic E-state index is 13.9. The zero-order valence-electron chi connectivity index (χ0n) is 24.7. The van der Waals surface area contributed by atoms with E-state index >= 15 is 0 Å². The minimum Gasteiger partial charge on any atom is -0.406 e. The number of carbonyl (C=O) groups is 2. The van der Waals surface area contributed by atoms with Crippen molar-refractivity contribution in [2.24, 2.45) is 10.1 Å². The lowest BCUT2D eigenvalue weighted by Gasteiger charge is -2.21. The number of hydrazone groups is 1. The lowest BCUT2D eigenvalue weighted by molar-refractivity contribution is -0.274. The molecule has 0 atom stereocenters. The molecule has 0 spiro atoms. The topological polar surface area (TPSA) is 114 Å². The Morgan fingerprint density at radius 3 is 2.46 bits per heavy atom. The highest BCUT2D eigenvalue weighted by molar-refractivity contribution is 8.15. The molecular formula is C31H27F4N7O3S. The van der Waals surface area contributed by atoms with Crippen LogP contribution in [0.25, 0.3) is 17.1 Å². The second kappa shape index (κ2) is 13.5. The molecule has 1 saturated heterocycles. The number of carbonyl (C=O) groups excluding carboxylic acids is 2. The minimum absolute atomic E-state index is 0.0729. The highest BCUT2D eigenvalue weighted by atomic mass is 32.2. The fourth-order valence-corrected chi connectivity index (χ4v) is 5.44. The molecule has 0 saturated carbocycles. The van der Waals surface area contributed by atoms with Crippen LogP contribution >= 0.6 is 11.8 Å². The number of aliphatic imine (C=N–C) groups is 1. The number of benzene rings is 3. The van der Waals surface area contributed by atoms with Gasteiger partial charge in [0.25, 0.3) is 0 Å². The summed E-state index contributed by atoms with van der Waals surface area (Å²) in [4.78, 5) is 35.1. The molecule has 3 aromatic carbocycles. The van der Waals surface area contributed by atoms with Crippen LogP contribution in [0.5, 0.6) is 5.75 Å². The van der Waals surface area contributed by atoms with E-state index in [1.807, 2.05) is 20.8 Å². The van der Waals surface area contributed by atoms with E-state index in [0.717, 1.165) is 17.3 Å². The van der Waals surface area contributed by atoms with Crippen LogP contribution in [0.4, 0.5) is 28.0 Å². The molecule has 238 valence electrons. The molecule has 3 amide bonds. The molecule has 4 aromatic rings. The van der Waals surface area contributed by atoms with Gasteiger partial charge in [-0.1, -0.05) is 56.8 Å². The number of nitrogens with zero attached hydrogens (tertiary/aromatic N) is 6. The van der Waals surface area contributed by atoms with Gasteiger partial charge in [0.2, 0.25) is 5.91 Å². The van der Waals surface area contributed by atoms with E-state index in [9.17, 15) is 27.2 Å². The summed E-state index contributed by atoms with van der Waals surface area (Å²) in [6, 6.07) is 15.7. The zero-order valence-corrected chi connectivity index (χ0v) is 25.6. The van der Waals surface area contributed by atoms with Gasteiger partial charge in [-0.3, -0.25) is 9.69 Å². The number of halogens is 4. The molecule has 1 N–H and O–H groups in total. The van der Waals surface area contributed by atoms with Gasteiger partial charge in [-0.15, -0.1) is 18.3 Å². The van der Waals surface area contributed by atoms with Gasteiger partial charge in [-0.2, -0.15) is 10.1 Å². The Bertz CT molecular complexity index is 1800. The normalized spacial score (nSPS) is 14.8. The fraction of sp³-hybridized carbons (Fsp3) is 0.226. The summed E-state index contributed by atoms with van der Waals surface area (Å²) in [5, 5.41) is 8.81. The number of anilines is 1. The highest BCUT2D eigenvalue weighted by Crippen LogP contribution is 2.34. The van der Waals surface area contributed by atoms with Crippen LogP contribution in [0.3, 0.4) is 0 Å². The molecule has 1 aliphatic heterocycles. The Hall–Kier alpha value is -5.05. The first-order chi connectivity index (χ1) is 21.9. The van der Waals surface area contributed by atoms with Gasteiger partial charge >= 0.3 is 12.4 Å². The Morgan fingerprint density at radius 2 is 1.80 bits per heavy atom. The quantitative estimate of drug-likeness (QED) is 0.124. The van der Waals surface area contributed by atoms with Crippen molar-refractivity contribution in [3.8, 4) is 22.8 Å². The van der Waals surface area contributed by atoms with Crippen molar-refractivity contribution in [1.82, 2.24) is 20.2 Å². The number of hydrogen-bond donors (Lipinski definition) is 1. The lowest BCUT2D eigenvalue weighted by atomic mass is 10.0. The number of urea groups is 1. The monoisotopic (exact) mass is 653 g/mol. The second-order valence-electron chi connectivity index (χ2n) is 10.2. The number of amides is 3. The summed E-state index contributed by atoms with van der Waals surface area (Å²) in [6.07, 6.45) is -2.86. The first-order valence-electron chi connectivity index (χ1n) is 14.0. The average molecular weight is 654 g/mol. The summed E-state index contributed by atoms with van der Waals surface area (Å²) >= 11 is 1.11. The van der Waals surface area contributed by atoms with E-state index in [4.69, 9.17) is 0 Å². The third kappa shape index (κ3) is 7.59. The third-order valence-corrected chi connectivity index (χ3v) is 7.66. The maximum atomic E-state index is 13.9. The lowest BCUT2D eigenvalue weighted by Crippen LogP contribution is -2.32. The van der Waals surface area contributed by atoms with Gasteiger partial charge in [0.1, 0.15) is 17.9 Å². The molecule has 1 aromatic heterocycles. The number of nitrogens with one attached hydrogen (secondary N) is 1. The number of alkyl halides is 3. The summed E-state index contributed by atoms with van der Waals surface area (Å²) in [7, 11) is 0. The molecule has 1 aliphatic rings. The van der Waals surface area contributed by atoms with Crippen molar-refractivity contribution >= 4 is 40.3 Å². The number of aromatic nitrogens is 3. The van der Waals surface area contributed by atoms with Gasteiger partial charge in [0.15, 0.2) is 11.0 Å². The standard InChI is InChI=1S/C31H27F4N7O3S/c1-4-25(38-39-29(44)37-30-42(27(43)16-46-30)26-14-9-21(32)15-24(26)18(2)3)19-5-7-20(8-6-19)28-36-17-41(40-28)22-10-12-23(13-11-22)45-31(33,34)35/h5-15,17-18H,4,16H2,1-3H3,(H,39,44)/b37-30-,38-25+. The molecule has 0 bridgehead atoms. The van der Waals surface area contributed by atoms with Gasteiger partial charge in [-0.25, -0.2) is 24.3 Å². The van der Waals surface area contributed by atoms with Crippen molar-refractivity contribution in [2.75, 3.05) is 10.7 Å². The Labute approximate surface area is 265 Å². The average Bonchev–Trinajstić information content (AvgIpc) is 3.64.